The number of rotatable bonds is 6. The largest absolute Gasteiger partial charge is 0.493 e. The van der Waals surface area contributed by atoms with E-state index in [4.69, 9.17) is 14.2 Å². The molecule has 1 aliphatic rings. The van der Waals surface area contributed by atoms with E-state index in [1.807, 2.05) is 0 Å². The lowest BCUT2D eigenvalue weighted by atomic mass is 9.94. The Hall–Kier alpha value is -3.75. The number of carbonyl (C=O) groups excluding carboxylic acids is 2. The topological polar surface area (TPSA) is 97.9 Å². The van der Waals surface area contributed by atoms with Crippen molar-refractivity contribution < 1.29 is 28.2 Å². The van der Waals surface area contributed by atoms with Crippen LogP contribution in [0.1, 0.15) is 18.5 Å². The summed E-state index contributed by atoms with van der Waals surface area (Å²) in [4.78, 5) is 25.2. The van der Waals surface area contributed by atoms with E-state index in [1.54, 1.807) is 19.1 Å². The fraction of sp³-hybridized carbons (Fsp3) is 0.238. The molecule has 1 heterocycles. The third-order valence-electron chi connectivity index (χ3n) is 4.64. The molecule has 9 heteroatoms. The van der Waals surface area contributed by atoms with E-state index in [-0.39, 0.29) is 5.57 Å². The highest BCUT2D eigenvalue weighted by atomic mass is 19.1. The van der Waals surface area contributed by atoms with Gasteiger partial charge in [0.25, 0.3) is 5.91 Å². The zero-order valence-electron chi connectivity index (χ0n) is 17.0. The molecule has 2 aromatic rings. The quantitative estimate of drug-likeness (QED) is 0.674. The van der Waals surface area contributed by atoms with E-state index in [1.165, 1.54) is 45.6 Å². The number of carbonyl (C=O) groups is 2. The summed E-state index contributed by atoms with van der Waals surface area (Å²) in [7, 11) is 4.44. The number of hydrogen-bond donors (Lipinski definition) is 3. The Bertz CT molecular complexity index is 979. The van der Waals surface area contributed by atoms with Gasteiger partial charge in [0.05, 0.1) is 32.9 Å². The van der Waals surface area contributed by atoms with Gasteiger partial charge in [-0.05, 0) is 48.9 Å². The lowest BCUT2D eigenvalue weighted by molar-refractivity contribution is -0.113. The number of amides is 3. The van der Waals surface area contributed by atoms with Crippen molar-refractivity contribution in [2.75, 3.05) is 26.6 Å². The maximum absolute atomic E-state index is 13.2. The molecule has 0 radical (unpaired) electrons. The summed E-state index contributed by atoms with van der Waals surface area (Å²) in [6, 6.07) is 7.48. The second-order valence-corrected chi connectivity index (χ2v) is 6.49. The summed E-state index contributed by atoms with van der Waals surface area (Å²) in [5, 5.41) is 8.08. The van der Waals surface area contributed by atoms with Crippen molar-refractivity contribution in [2.45, 2.75) is 13.0 Å². The van der Waals surface area contributed by atoms with Gasteiger partial charge in [-0.2, -0.15) is 0 Å². The minimum absolute atomic E-state index is 0.285. The molecule has 30 heavy (non-hydrogen) atoms. The van der Waals surface area contributed by atoms with E-state index < -0.39 is 23.8 Å². The highest BCUT2D eigenvalue weighted by Gasteiger charge is 2.32. The van der Waals surface area contributed by atoms with Gasteiger partial charge in [-0.15, -0.1) is 0 Å². The second-order valence-electron chi connectivity index (χ2n) is 6.49. The van der Waals surface area contributed by atoms with Crippen LogP contribution in [0.2, 0.25) is 0 Å². The number of halogens is 1. The van der Waals surface area contributed by atoms with Crippen molar-refractivity contribution in [3.63, 3.8) is 0 Å². The molecule has 158 valence electrons. The molecule has 1 aliphatic heterocycles. The summed E-state index contributed by atoms with van der Waals surface area (Å²) < 4.78 is 29.3. The van der Waals surface area contributed by atoms with Crippen LogP contribution >= 0.6 is 0 Å². The average molecular weight is 415 g/mol. The number of hydrogen-bond acceptors (Lipinski definition) is 5. The number of ether oxygens (including phenoxy) is 3. The Labute approximate surface area is 173 Å². The molecule has 1 atom stereocenters. The number of methoxy groups -OCH3 is 3. The minimum atomic E-state index is -0.784. The Kier molecular flexibility index (Phi) is 6.10. The molecular weight excluding hydrogens is 393 g/mol. The fourth-order valence-corrected chi connectivity index (χ4v) is 3.24. The third kappa shape index (κ3) is 4.14. The molecule has 3 amide bonds. The van der Waals surface area contributed by atoms with Crippen molar-refractivity contribution >= 4 is 17.6 Å². The fourth-order valence-electron chi connectivity index (χ4n) is 3.24. The van der Waals surface area contributed by atoms with Gasteiger partial charge >= 0.3 is 6.03 Å². The van der Waals surface area contributed by atoms with E-state index in [0.29, 0.717) is 34.2 Å². The first-order valence-corrected chi connectivity index (χ1v) is 9.03. The molecule has 0 bridgehead atoms. The predicted octanol–water partition coefficient (Wildman–Crippen LogP) is 3.12. The molecular formula is C21H22FN3O5. The van der Waals surface area contributed by atoms with Crippen LogP contribution in [0.3, 0.4) is 0 Å². The first kappa shape index (κ1) is 21.0. The predicted molar refractivity (Wildman–Crippen MR) is 108 cm³/mol. The number of benzene rings is 2. The summed E-state index contributed by atoms with van der Waals surface area (Å²) in [5.74, 6) is 0.295. The number of anilines is 1. The van der Waals surface area contributed by atoms with Crippen molar-refractivity contribution in [3.8, 4) is 17.2 Å². The minimum Gasteiger partial charge on any atom is -0.493 e. The monoisotopic (exact) mass is 415 g/mol. The summed E-state index contributed by atoms with van der Waals surface area (Å²) >= 11 is 0. The SMILES string of the molecule is COc1cc([C@H]2NC(=O)NC(C)=C2C(=O)Nc2ccc(F)cc2)cc(OC)c1OC. The maximum Gasteiger partial charge on any atom is 0.319 e. The van der Waals surface area contributed by atoms with Crippen LogP contribution in [0.25, 0.3) is 0 Å². The van der Waals surface area contributed by atoms with Gasteiger partial charge in [-0.1, -0.05) is 0 Å². The lowest BCUT2D eigenvalue weighted by Gasteiger charge is -2.29. The van der Waals surface area contributed by atoms with Crippen molar-refractivity contribution in [1.82, 2.24) is 10.6 Å². The Balaban J connectivity index is 2.03. The van der Waals surface area contributed by atoms with Gasteiger partial charge in [0.2, 0.25) is 5.75 Å². The van der Waals surface area contributed by atoms with Crippen LogP contribution < -0.4 is 30.2 Å². The standard InChI is InChI=1S/C21H22FN3O5/c1-11-17(20(26)24-14-7-5-13(22)6-8-14)18(25-21(27)23-11)12-9-15(28-2)19(30-4)16(10-12)29-3/h5-10,18H,1-4H3,(H,24,26)(H2,23,25,27)/t18-/m1/s1. The molecule has 0 saturated carbocycles. The van der Waals surface area contributed by atoms with Crippen molar-refractivity contribution in [1.29, 1.82) is 0 Å². The third-order valence-corrected chi connectivity index (χ3v) is 4.64. The first-order valence-electron chi connectivity index (χ1n) is 9.03. The van der Waals surface area contributed by atoms with Crippen molar-refractivity contribution in [3.05, 3.63) is 59.0 Å². The van der Waals surface area contributed by atoms with Gasteiger partial charge in [-0.25, -0.2) is 9.18 Å². The highest BCUT2D eigenvalue weighted by molar-refractivity contribution is 6.06. The number of allylic oxidation sites excluding steroid dienone is 1. The second kappa shape index (κ2) is 8.73. The van der Waals surface area contributed by atoms with Crippen LogP contribution in [0.4, 0.5) is 14.9 Å². The number of urea groups is 1. The molecule has 3 rings (SSSR count). The molecule has 0 aromatic heterocycles. The molecule has 0 saturated heterocycles. The first-order chi connectivity index (χ1) is 14.4. The lowest BCUT2D eigenvalue weighted by Crippen LogP contribution is -2.46. The average Bonchev–Trinajstić information content (AvgIpc) is 2.73. The maximum atomic E-state index is 13.2. The van der Waals surface area contributed by atoms with Crippen LogP contribution in [0, 0.1) is 5.82 Å². The van der Waals surface area contributed by atoms with Gasteiger partial charge < -0.3 is 30.2 Å². The smallest absolute Gasteiger partial charge is 0.319 e. The van der Waals surface area contributed by atoms with E-state index in [0.717, 1.165) is 0 Å². The Morgan fingerprint density at radius 2 is 1.63 bits per heavy atom. The molecule has 2 aromatic carbocycles. The summed E-state index contributed by atoms with van der Waals surface area (Å²) in [6.07, 6.45) is 0. The molecule has 0 spiro atoms. The zero-order chi connectivity index (χ0) is 21.8. The zero-order valence-corrected chi connectivity index (χ0v) is 17.0. The van der Waals surface area contributed by atoms with Crippen LogP contribution in [0.5, 0.6) is 17.2 Å². The summed E-state index contributed by atoms with van der Waals surface area (Å²) in [6.45, 7) is 1.63. The Morgan fingerprint density at radius 1 is 1.03 bits per heavy atom. The van der Waals surface area contributed by atoms with Crippen molar-refractivity contribution in [2.24, 2.45) is 0 Å². The van der Waals surface area contributed by atoms with E-state index in [9.17, 15) is 14.0 Å². The van der Waals surface area contributed by atoms with Gasteiger partial charge in [-0.3, -0.25) is 4.79 Å². The van der Waals surface area contributed by atoms with Gasteiger partial charge in [0.15, 0.2) is 11.5 Å². The van der Waals surface area contributed by atoms with Gasteiger partial charge in [0.1, 0.15) is 5.82 Å². The van der Waals surface area contributed by atoms with E-state index >= 15 is 0 Å². The normalized spacial score (nSPS) is 15.8. The number of nitrogens with one attached hydrogen (secondary N) is 3. The molecule has 0 fully saturated rings. The highest BCUT2D eigenvalue weighted by Crippen LogP contribution is 2.41. The Morgan fingerprint density at radius 3 is 2.17 bits per heavy atom. The molecule has 3 N–H and O–H groups in total. The van der Waals surface area contributed by atoms with Crippen LogP contribution in [0.15, 0.2) is 47.7 Å². The molecule has 8 nitrogen and oxygen atoms in total. The van der Waals surface area contributed by atoms with Crippen LogP contribution in [-0.2, 0) is 4.79 Å². The van der Waals surface area contributed by atoms with Gasteiger partial charge in [0, 0.05) is 11.4 Å². The van der Waals surface area contributed by atoms with Crippen LogP contribution in [-0.4, -0.2) is 33.3 Å². The van der Waals surface area contributed by atoms with E-state index in [2.05, 4.69) is 16.0 Å². The molecule has 0 unspecified atom stereocenters. The summed E-state index contributed by atoms with van der Waals surface area (Å²) in [5.41, 5.74) is 1.65. The molecule has 0 aliphatic carbocycles.